The minimum Gasteiger partial charge on any atom is -0.496 e. The predicted octanol–water partition coefficient (Wildman–Crippen LogP) is 3.69. The van der Waals surface area contributed by atoms with E-state index in [1.165, 1.54) is 0 Å². The molecule has 3 aromatic rings. The number of hydrogen-bond acceptors (Lipinski definition) is 3. The van der Waals surface area contributed by atoms with E-state index in [0.717, 1.165) is 32.5 Å². The summed E-state index contributed by atoms with van der Waals surface area (Å²) in [6.45, 7) is 2.05. The van der Waals surface area contributed by atoms with Gasteiger partial charge in [0.2, 0.25) is 5.95 Å². The van der Waals surface area contributed by atoms with Gasteiger partial charge < -0.3 is 10.5 Å². The summed E-state index contributed by atoms with van der Waals surface area (Å²) in [5.41, 5.74) is 10.1. The maximum absolute atomic E-state index is 6.08. The summed E-state index contributed by atoms with van der Waals surface area (Å²) in [7, 11) is 1.64. The van der Waals surface area contributed by atoms with Gasteiger partial charge in [0.15, 0.2) is 0 Å². The first-order valence-electron chi connectivity index (χ1n) is 6.19. The monoisotopic (exact) mass is 331 g/mol. The third-order valence-corrected chi connectivity index (χ3v) is 3.92. The van der Waals surface area contributed by atoms with E-state index in [1.807, 2.05) is 34.9 Å². The number of nitrogens with zero attached hydrogens (tertiary/aromatic N) is 2. The van der Waals surface area contributed by atoms with Gasteiger partial charge in [0.25, 0.3) is 0 Å². The molecule has 20 heavy (non-hydrogen) atoms. The number of nitrogens with two attached hydrogens (primary N) is 1. The summed E-state index contributed by atoms with van der Waals surface area (Å²) in [6.07, 6.45) is 0. The van der Waals surface area contributed by atoms with Gasteiger partial charge in [-0.1, -0.05) is 12.1 Å². The molecular formula is C15H14BrN3O. The molecule has 0 saturated heterocycles. The number of fused-ring (bicyclic) bond motifs is 1. The maximum Gasteiger partial charge on any atom is 0.205 e. The molecule has 0 aliphatic heterocycles. The molecule has 4 nitrogen and oxygen atoms in total. The molecule has 0 radical (unpaired) electrons. The highest BCUT2D eigenvalue weighted by atomic mass is 79.9. The summed E-state index contributed by atoms with van der Waals surface area (Å²) in [5, 5.41) is 0. The molecular weight excluding hydrogens is 318 g/mol. The lowest BCUT2D eigenvalue weighted by molar-refractivity contribution is 0.412. The average Bonchev–Trinajstić information content (AvgIpc) is 2.76. The fourth-order valence-corrected chi connectivity index (χ4v) is 2.90. The van der Waals surface area contributed by atoms with Crippen molar-refractivity contribution in [2.75, 3.05) is 12.8 Å². The van der Waals surface area contributed by atoms with E-state index in [1.54, 1.807) is 7.11 Å². The number of rotatable bonds is 2. The van der Waals surface area contributed by atoms with E-state index < -0.39 is 0 Å². The third-order valence-electron chi connectivity index (χ3n) is 3.30. The molecule has 0 aliphatic rings. The highest BCUT2D eigenvalue weighted by molar-refractivity contribution is 9.10. The normalized spacial score (nSPS) is 10.9. The largest absolute Gasteiger partial charge is 0.496 e. The zero-order valence-corrected chi connectivity index (χ0v) is 12.8. The Labute approximate surface area is 125 Å². The molecule has 102 valence electrons. The smallest absolute Gasteiger partial charge is 0.205 e. The van der Waals surface area contributed by atoms with Crippen molar-refractivity contribution in [3.63, 3.8) is 0 Å². The number of hydrogen-bond donors (Lipinski definition) is 1. The number of anilines is 1. The molecule has 1 aromatic heterocycles. The lowest BCUT2D eigenvalue weighted by Crippen LogP contribution is -2.01. The number of aromatic nitrogens is 2. The molecule has 0 bridgehead atoms. The van der Waals surface area contributed by atoms with Crippen LogP contribution in [0.5, 0.6) is 5.75 Å². The molecule has 0 fully saturated rings. The van der Waals surface area contributed by atoms with Gasteiger partial charge in [-0.2, -0.15) is 0 Å². The number of ether oxygens (including phenoxy) is 1. The van der Waals surface area contributed by atoms with E-state index in [0.29, 0.717) is 5.95 Å². The Kier molecular flexibility index (Phi) is 3.14. The van der Waals surface area contributed by atoms with Gasteiger partial charge in [-0.25, -0.2) is 4.98 Å². The molecule has 0 spiro atoms. The minimum atomic E-state index is 0.478. The first-order valence-corrected chi connectivity index (χ1v) is 6.98. The van der Waals surface area contributed by atoms with Gasteiger partial charge >= 0.3 is 0 Å². The number of benzene rings is 2. The van der Waals surface area contributed by atoms with Gasteiger partial charge in [0, 0.05) is 0 Å². The summed E-state index contributed by atoms with van der Waals surface area (Å²) in [6, 6.07) is 11.9. The number of para-hydroxylation sites is 1. The number of imidazole rings is 1. The van der Waals surface area contributed by atoms with Crippen LogP contribution in [0.1, 0.15) is 5.56 Å². The van der Waals surface area contributed by atoms with Gasteiger partial charge in [-0.15, -0.1) is 0 Å². The van der Waals surface area contributed by atoms with Crippen molar-refractivity contribution in [1.29, 1.82) is 0 Å². The Morgan fingerprint density at radius 1 is 1.25 bits per heavy atom. The number of aryl methyl sites for hydroxylation is 1. The summed E-state index contributed by atoms with van der Waals surface area (Å²) >= 11 is 3.50. The first-order chi connectivity index (χ1) is 9.61. The molecule has 0 saturated carbocycles. The topological polar surface area (TPSA) is 53.1 Å². The van der Waals surface area contributed by atoms with E-state index >= 15 is 0 Å². The van der Waals surface area contributed by atoms with Gasteiger partial charge in [-0.05, 0) is 52.7 Å². The fraction of sp³-hybridized carbons (Fsp3) is 0.133. The second-order valence-electron chi connectivity index (χ2n) is 4.57. The van der Waals surface area contributed by atoms with Crippen molar-refractivity contribution in [3.8, 4) is 11.4 Å². The highest BCUT2D eigenvalue weighted by Gasteiger charge is 2.13. The van der Waals surface area contributed by atoms with Crippen LogP contribution in [0, 0.1) is 6.92 Å². The lowest BCUT2D eigenvalue weighted by Gasteiger charge is -2.10. The van der Waals surface area contributed by atoms with Crippen molar-refractivity contribution in [2.45, 2.75) is 6.92 Å². The van der Waals surface area contributed by atoms with Gasteiger partial charge in [-0.3, -0.25) is 4.57 Å². The Bertz CT molecular complexity index is 795. The fourth-order valence-electron chi connectivity index (χ4n) is 2.37. The third kappa shape index (κ3) is 1.94. The molecule has 2 N–H and O–H groups in total. The summed E-state index contributed by atoms with van der Waals surface area (Å²) in [4.78, 5) is 4.42. The van der Waals surface area contributed by atoms with E-state index in [9.17, 15) is 0 Å². The average molecular weight is 332 g/mol. The quantitative estimate of drug-likeness (QED) is 0.779. The second-order valence-corrected chi connectivity index (χ2v) is 5.42. The SMILES string of the molecule is COc1ccc(-n2c(N)nc3cccc(C)c32)cc1Br. The first kappa shape index (κ1) is 13.0. The Balaban J connectivity index is 2.29. The lowest BCUT2D eigenvalue weighted by atomic mass is 10.2. The van der Waals surface area contributed by atoms with E-state index in [-0.39, 0.29) is 0 Å². The Hall–Kier alpha value is -2.01. The zero-order valence-electron chi connectivity index (χ0n) is 11.2. The van der Waals surface area contributed by atoms with Crippen LogP contribution in [0.15, 0.2) is 40.9 Å². The van der Waals surface area contributed by atoms with Crippen LogP contribution in [-0.2, 0) is 0 Å². The molecule has 2 aromatic carbocycles. The summed E-state index contributed by atoms with van der Waals surface area (Å²) in [5.74, 6) is 1.26. The zero-order chi connectivity index (χ0) is 14.3. The number of methoxy groups -OCH3 is 1. The van der Waals surface area contributed by atoms with Crippen LogP contribution in [0.25, 0.3) is 16.7 Å². The number of halogens is 1. The van der Waals surface area contributed by atoms with Crippen LogP contribution in [0.2, 0.25) is 0 Å². The van der Waals surface area contributed by atoms with Crippen molar-refractivity contribution in [2.24, 2.45) is 0 Å². The summed E-state index contributed by atoms with van der Waals surface area (Å²) < 4.78 is 8.09. The predicted molar refractivity (Wildman–Crippen MR) is 84.5 cm³/mol. The van der Waals surface area contributed by atoms with Crippen LogP contribution in [0.4, 0.5) is 5.95 Å². The van der Waals surface area contributed by atoms with Gasteiger partial charge in [0.05, 0.1) is 28.3 Å². The molecule has 0 aliphatic carbocycles. The molecule has 3 rings (SSSR count). The maximum atomic E-state index is 6.08. The van der Waals surface area contributed by atoms with Crippen LogP contribution >= 0.6 is 15.9 Å². The van der Waals surface area contributed by atoms with Crippen LogP contribution in [0.3, 0.4) is 0 Å². The van der Waals surface area contributed by atoms with Gasteiger partial charge in [0.1, 0.15) is 5.75 Å². The Morgan fingerprint density at radius 3 is 2.75 bits per heavy atom. The molecule has 0 unspecified atom stereocenters. The number of nitrogen functional groups attached to an aromatic ring is 1. The van der Waals surface area contributed by atoms with Crippen LogP contribution < -0.4 is 10.5 Å². The Morgan fingerprint density at radius 2 is 2.05 bits per heavy atom. The highest BCUT2D eigenvalue weighted by Crippen LogP contribution is 2.31. The molecule has 0 amide bonds. The second kappa shape index (κ2) is 4.83. The van der Waals surface area contributed by atoms with E-state index in [4.69, 9.17) is 10.5 Å². The van der Waals surface area contributed by atoms with Crippen molar-refractivity contribution in [1.82, 2.24) is 9.55 Å². The minimum absolute atomic E-state index is 0.478. The van der Waals surface area contributed by atoms with Crippen molar-refractivity contribution in [3.05, 3.63) is 46.4 Å². The molecule has 0 atom stereocenters. The van der Waals surface area contributed by atoms with Crippen molar-refractivity contribution < 1.29 is 4.74 Å². The molecule has 1 heterocycles. The van der Waals surface area contributed by atoms with Crippen molar-refractivity contribution >= 4 is 32.9 Å². The standard InChI is InChI=1S/C15H14BrN3O/c1-9-4-3-5-12-14(9)19(15(17)18-12)10-6-7-13(20-2)11(16)8-10/h3-8H,1-2H3,(H2,17,18). The molecule has 5 heteroatoms. The van der Waals surface area contributed by atoms with E-state index in [2.05, 4.69) is 33.9 Å². The van der Waals surface area contributed by atoms with Crippen LogP contribution in [-0.4, -0.2) is 16.7 Å².